The van der Waals surface area contributed by atoms with Crippen molar-refractivity contribution in [2.24, 2.45) is 0 Å². The summed E-state index contributed by atoms with van der Waals surface area (Å²) in [5.41, 5.74) is 0.820. The Morgan fingerprint density at radius 1 is 1.16 bits per heavy atom. The van der Waals surface area contributed by atoms with Gasteiger partial charge < -0.3 is 9.63 Å². The van der Waals surface area contributed by atoms with E-state index in [4.69, 9.17) is 4.52 Å². The molecule has 0 aliphatic heterocycles. The molecular formula is C14H12N2O2S. The van der Waals surface area contributed by atoms with E-state index in [-0.39, 0.29) is 5.75 Å². The Labute approximate surface area is 114 Å². The Hall–Kier alpha value is -2.14. The zero-order valence-electron chi connectivity index (χ0n) is 10.3. The maximum Gasteiger partial charge on any atom is 0.268 e. The SMILES string of the molecule is CCc1ccc(-c2nc(-c3ccc(O)cc3)no2)s1. The van der Waals surface area contributed by atoms with Crippen molar-refractivity contribution in [3.8, 4) is 27.9 Å². The topological polar surface area (TPSA) is 59.2 Å². The summed E-state index contributed by atoms with van der Waals surface area (Å²) in [6, 6.07) is 10.8. The molecule has 0 spiro atoms. The third kappa shape index (κ3) is 2.37. The summed E-state index contributed by atoms with van der Waals surface area (Å²) in [4.78, 5) is 6.65. The maximum absolute atomic E-state index is 9.25. The molecule has 19 heavy (non-hydrogen) atoms. The van der Waals surface area contributed by atoms with E-state index < -0.39 is 0 Å². The third-order valence-corrected chi connectivity index (χ3v) is 3.99. The highest BCUT2D eigenvalue weighted by Crippen LogP contribution is 2.29. The van der Waals surface area contributed by atoms with Crippen LogP contribution >= 0.6 is 11.3 Å². The first-order valence-electron chi connectivity index (χ1n) is 5.98. The van der Waals surface area contributed by atoms with Crippen molar-refractivity contribution < 1.29 is 9.63 Å². The van der Waals surface area contributed by atoms with Crippen LogP contribution in [0.2, 0.25) is 0 Å². The summed E-state index contributed by atoms with van der Waals surface area (Å²) < 4.78 is 5.28. The zero-order chi connectivity index (χ0) is 13.2. The first kappa shape index (κ1) is 11.9. The number of rotatable bonds is 3. The van der Waals surface area contributed by atoms with Gasteiger partial charge in [-0.15, -0.1) is 11.3 Å². The lowest BCUT2D eigenvalue weighted by Crippen LogP contribution is -1.79. The smallest absolute Gasteiger partial charge is 0.268 e. The molecule has 2 aromatic heterocycles. The van der Waals surface area contributed by atoms with Gasteiger partial charge in [0.1, 0.15) is 5.75 Å². The molecule has 0 bridgehead atoms. The molecule has 2 heterocycles. The number of thiophene rings is 1. The largest absolute Gasteiger partial charge is 0.508 e. The molecule has 0 aliphatic rings. The van der Waals surface area contributed by atoms with E-state index >= 15 is 0 Å². The summed E-state index contributed by atoms with van der Waals surface area (Å²) in [6.07, 6.45) is 1.00. The van der Waals surface area contributed by atoms with Crippen molar-refractivity contribution in [3.63, 3.8) is 0 Å². The number of phenols is 1. The van der Waals surface area contributed by atoms with Crippen LogP contribution in [0.5, 0.6) is 5.75 Å². The Morgan fingerprint density at radius 3 is 2.63 bits per heavy atom. The van der Waals surface area contributed by atoms with Gasteiger partial charge in [0.25, 0.3) is 5.89 Å². The number of hydrogen-bond acceptors (Lipinski definition) is 5. The minimum atomic E-state index is 0.221. The van der Waals surface area contributed by atoms with Crippen LogP contribution in [0.15, 0.2) is 40.9 Å². The van der Waals surface area contributed by atoms with Gasteiger partial charge in [0.2, 0.25) is 5.82 Å². The fourth-order valence-electron chi connectivity index (χ4n) is 1.73. The number of benzene rings is 1. The van der Waals surface area contributed by atoms with Crippen LogP contribution in [0.3, 0.4) is 0 Å². The quantitative estimate of drug-likeness (QED) is 0.789. The molecule has 1 aromatic carbocycles. The van der Waals surface area contributed by atoms with Crippen molar-refractivity contribution in [2.75, 3.05) is 0 Å². The average Bonchev–Trinajstić information content (AvgIpc) is 3.08. The molecule has 3 rings (SSSR count). The van der Waals surface area contributed by atoms with E-state index in [1.165, 1.54) is 4.88 Å². The van der Waals surface area contributed by atoms with Crippen molar-refractivity contribution in [1.29, 1.82) is 0 Å². The number of hydrogen-bond donors (Lipinski definition) is 1. The van der Waals surface area contributed by atoms with Gasteiger partial charge in [0.05, 0.1) is 4.88 Å². The highest BCUT2D eigenvalue weighted by Gasteiger charge is 2.12. The highest BCUT2D eigenvalue weighted by molar-refractivity contribution is 7.15. The second-order valence-corrected chi connectivity index (χ2v) is 5.26. The van der Waals surface area contributed by atoms with E-state index in [9.17, 15) is 5.11 Å². The second-order valence-electron chi connectivity index (χ2n) is 4.09. The van der Waals surface area contributed by atoms with Gasteiger partial charge >= 0.3 is 0 Å². The van der Waals surface area contributed by atoms with Crippen LogP contribution < -0.4 is 0 Å². The molecule has 0 fully saturated rings. The summed E-state index contributed by atoms with van der Waals surface area (Å²) in [5, 5.41) is 13.2. The molecule has 0 saturated carbocycles. The zero-order valence-corrected chi connectivity index (χ0v) is 11.1. The standard InChI is InChI=1S/C14H12N2O2S/c1-2-11-7-8-12(19-11)14-15-13(16-18-14)9-3-5-10(17)6-4-9/h3-8,17H,2H2,1H3. The molecule has 0 amide bonds. The summed E-state index contributed by atoms with van der Waals surface area (Å²) in [7, 11) is 0. The van der Waals surface area contributed by atoms with Gasteiger partial charge in [-0.25, -0.2) is 0 Å². The number of phenolic OH excluding ortho intramolecular Hbond substituents is 1. The molecule has 4 nitrogen and oxygen atoms in total. The number of aromatic nitrogens is 2. The van der Waals surface area contributed by atoms with E-state index in [2.05, 4.69) is 23.1 Å². The van der Waals surface area contributed by atoms with Crippen LogP contribution in [0.1, 0.15) is 11.8 Å². The molecule has 0 aliphatic carbocycles. The molecule has 96 valence electrons. The van der Waals surface area contributed by atoms with Gasteiger partial charge in [0, 0.05) is 10.4 Å². The van der Waals surface area contributed by atoms with Crippen LogP contribution in [0.25, 0.3) is 22.2 Å². The van der Waals surface area contributed by atoms with Crippen LogP contribution in [0.4, 0.5) is 0 Å². The summed E-state index contributed by atoms with van der Waals surface area (Å²) >= 11 is 1.66. The third-order valence-electron chi connectivity index (χ3n) is 2.77. The lowest BCUT2D eigenvalue weighted by molar-refractivity contribution is 0.433. The van der Waals surface area contributed by atoms with Gasteiger partial charge in [-0.2, -0.15) is 4.98 Å². The molecule has 5 heteroatoms. The van der Waals surface area contributed by atoms with Crippen LogP contribution in [-0.4, -0.2) is 15.2 Å². The Balaban J connectivity index is 1.92. The van der Waals surface area contributed by atoms with Crippen molar-refractivity contribution in [2.45, 2.75) is 13.3 Å². The molecule has 3 aromatic rings. The van der Waals surface area contributed by atoms with Crippen molar-refractivity contribution in [3.05, 3.63) is 41.3 Å². The fraction of sp³-hybridized carbons (Fsp3) is 0.143. The monoisotopic (exact) mass is 272 g/mol. The number of aryl methyl sites for hydroxylation is 1. The Kier molecular flexibility index (Phi) is 3.05. The first-order chi connectivity index (χ1) is 9.26. The molecular weight excluding hydrogens is 260 g/mol. The predicted molar refractivity (Wildman–Crippen MR) is 74.1 cm³/mol. The minimum Gasteiger partial charge on any atom is -0.508 e. The van der Waals surface area contributed by atoms with Gasteiger partial charge in [-0.1, -0.05) is 12.1 Å². The van der Waals surface area contributed by atoms with Crippen molar-refractivity contribution >= 4 is 11.3 Å². The number of nitrogens with zero attached hydrogens (tertiary/aromatic N) is 2. The lowest BCUT2D eigenvalue weighted by Gasteiger charge is -1.93. The second kappa shape index (κ2) is 4.85. The van der Waals surface area contributed by atoms with E-state index in [1.54, 1.807) is 35.6 Å². The fourth-order valence-corrected chi connectivity index (χ4v) is 2.60. The molecule has 0 unspecified atom stereocenters. The summed E-state index contributed by atoms with van der Waals surface area (Å²) in [6.45, 7) is 2.12. The molecule has 0 radical (unpaired) electrons. The van der Waals surface area contributed by atoms with E-state index in [1.807, 2.05) is 6.07 Å². The molecule has 1 N–H and O–H groups in total. The molecule has 0 saturated heterocycles. The van der Waals surface area contributed by atoms with Crippen LogP contribution in [0, 0.1) is 0 Å². The normalized spacial score (nSPS) is 10.8. The first-order valence-corrected chi connectivity index (χ1v) is 6.80. The highest BCUT2D eigenvalue weighted by atomic mass is 32.1. The minimum absolute atomic E-state index is 0.221. The molecule has 0 atom stereocenters. The van der Waals surface area contributed by atoms with Gasteiger partial charge in [-0.3, -0.25) is 0 Å². The van der Waals surface area contributed by atoms with E-state index in [0.29, 0.717) is 11.7 Å². The van der Waals surface area contributed by atoms with Crippen molar-refractivity contribution in [1.82, 2.24) is 10.1 Å². The van der Waals surface area contributed by atoms with E-state index in [0.717, 1.165) is 16.9 Å². The van der Waals surface area contributed by atoms with Gasteiger partial charge in [-0.05, 0) is 42.8 Å². The van der Waals surface area contributed by atoms with Gasteiger partial charge in [0.15, 0.2) is 0 Å². The Morgan fingerprint density at radius 2 is 1.95 bits per heavy atom. The maximum atomic E-state index is 9.25. The summed E-state index contributed by atoms with van der Waals surface area (Å²) in [5.74, 6) is 1.28. The predicted octanol–water partition coefficient (Wildman–Crippen LogP) is 3.73. The van der Waals surface area contributed by atoms with Crippen LogP contribution in [-0.2, 0) is 6.42 Å². The number of aromatic hydroxyl groups is 1. The lowest BCUT2D eigenvalue weighted by atomic mass is 10.2. The average molecular weight is 272 g/mol. The Bertz CT molecular complexity index is 686.